The molecule has 21 heavy (non-hydrogen) atoms. The van der Waals surface area contributed by atoms with Crippen LogP contribution in [-0.2, 0) is 9.53 Å². The molecule has 5 nitrogen and oxygen atoms in total. The molecule has 5 heteroatoms. The number of ether oxygens (including phenoxy) is 2. The molecule has 0 aromatic heterocycles. The van der Waals surface area contributed by atoms with E-state index >= 15 is 0 Å². The largest absolute Gasteiger partial charge is 0.497 e. The first-order chi connectivity index (χ1) is 9.93. The summed E-state index contributed by atoms with van der Waals surface area (Å²) in [6.45, 7) is 6.67. The summed E-state index contributed by atoms with van der Waals surface area (Å²) in [5.74, 6) is 1.11. The molecule has 1 atom stereocenters. The molecule has 0 bridgehead atoms. The number of benzene rings is 1. The number of nitrogen functional groups attached to an aromatic ring is 1. The molecule has 1 aromatic rings. The molecule has 0 spiro atoms. The Bertz CT molecular complexity index is 461. The molecule has 0 aliphatic heterocycles. The van der Waals surface area contributed by atoms with Gasteiger partial charge in [0.2, 0.25) is 0 Å². The highest BCUT2D eigenvalue weighted by Gasteiger charge is 2.14. The van der Waals surface area contributed by atoms with Crippen LogP contribution in [0.2, 0.25) is 0 Å². The first kappa shape index (κ1) is 17.3. The number of carbonyl (C=O) groups excluding carboxylic acids is 1. The third-order valence-corrected chi connectivity index (χ3v) is 3.18. The number of hydrogen-bond acceptors (Lipinski definition) is 4. The second kappa shape index (κ2) is 8.52. The van der Waals surface area contributed by atoms with Gasteiger partial charge in [0.15, 0.2) is 0 Å². The molecule has 0 heterocycles. The van der Waals surface area contributed by atoms with Crippen molar-refractivity contribution in [2.45, 2.75) is 39.7 Å². The lowest BCUT2D eigenvalue weighted by molar-refractivity contribution is -0.126. The third-order valence-electron chi connectivity index (χ3n) is 3.18. The normalized spacial score (nSPS) is 12.2. The topological polar surface area (TPSA) is 73.6 Å². The fourth-order valence-electron chi connectivity index (χ4n) is 1.84. The fraction of sp³-hybridized carbons (Fsp3) is 0.562. The molecule has 0 fully saturated rings. The van der Waals surface area contributed by atoms with Gasteiger partial charge in [-0.2, -0.15) is 0 Å². The molecule has 0 aliphatic carbocycles. The first-order valence-electron chi connectivity index (χ1n) is 7.30. The first-order valence-corrected chi connectivity index (χ1v) is 7.30. The van der Waals surface area contributed by atoms with Crippen LogP contribution in [0.5, 0.6) is 5.75 Å². The van der Waals surface area contributed by atoms with Crippen LogP contribution in [-0.4, -0.2) is 25.7 Å². The highest BCUT2D eigenvalue weighted by molar-refractivity contribution is 5.96. The Morgan fingerprint density at radius 1 is 1.33 bits per heavy atom. The lowest BCUT2D eigenvalue weighted by Crippen LogP contribution is -2.28. The Balaban J connectivity index is 2.45. The van der Waals surface area contributed by atoms with Gasteiger partial charge in [-0.25, -0.2) is 0 Å². The quantitative estimate of drug-likeness (QED) is 0.571. The molecular weight excluding hydrogens is 268 g/mol. The summed E-state index contributed by atoms with van der Waals surface area (Å²) in [5, 5.41) is 2.77. The van der Waals surface area contributed by atoms with E-state index < -0.39 is 6.10 Å². The number of amides is 1. The molecule has 118 valence electrons. The summed E-state index contributed by atoms with van der Waals surface area (Å²) >= 11 is 0. The molecular formula is C16H26N2O3. The highest BCUT2D eigenvalue weighted by Crippen LogP contribution is 2.24. The minimum absolute atomic E-state index is 0.198. The van der Waals surface area contributed by atoms with Gasteiger partial charge < -0.3 is 20.5 Å². The zero-order chi connectivity index (χ0) is 15.8. The van der Waals surface area contributed by atoms with Crippen molar-refractivity contribution in [1.82, 2.24) is 0 Å². The zero-order valence-corrected chi connectivity index (χ0v) is 13.3. The van der Waals surface area contributed by atoms with E-state index in [-0.39, 0.29) is 5.91 Å². The van der Waals surface area contributed by atoms with Crippen LogP contribution in [0.1, 0.15) is 33.6 Å². The molecule has 3 N–H and O–H groups in total. The highest BCUT2D eigenvalue weighted by atomic mass is 16.5. The number of methoxy groups -OCH3 is 1. The van der Waals surface area contributed by atoms with Gasteiger partial charge in [-0.3, -0.25) is 4.79 Å². The smallest absolute Gasteiger partial charge is 0.253 e. The van der Waals surface area contributed by atoms with Crippen molar-refractivity contribution < 1.29 is 14.3 Å². The van der Waals surface area contributed by atoms with Crippen molar-refractivity contribution in [1.29, 1.82) is 0 Å². The van der Waals surface area contributed by atoms with Crippen LogP contribution in [0, 0.1) is 5.92 Å². The van der Waals surface area contributed by atoms with Crippen LogP contribution >= 0.6 is 0 Å². The van der Waals surface area contributed by atoms with Crippen molar-refractivity contribution in [2.75, 3.05) is 24.8 Å². The van der Waals surface area contributed by atoms with E-state index in [9.17, 15) is 4.79 Å². The number of hydrogen-bond donors (Lipinski definition) is 2. The van der Waals surface area contributed by atoms with Gasteiger partial charge in [0.25, 0.3) is 5.91 Å². The van der Waals surface area contributed by atoms with Gasteiger partial charge in [0.05, 0.1) is 18.5 Å². The fourth-order valence-corrected chi connectivity index (χ4v) is 1.84. The van der Waals surface area contributed by atoms with Crippen molar-refractivity contribution in [2.24, 2.45) is 5.92 Å². The summed E-state index contributed by atoms with van der Waals surface area (Å²) in [4.78, 5) is 12.0. The summed E-state index contributed by atoms with van der Waals surface area (Å²) < 4.78 is 10.6. The van der Waals surface area contributed by atoms with E-state index in [4.69, 9.17) is 15.2 Å². The lowest BCUT2D eigenvalue weighted by atomic mass is 10.1. The average molecular weight is 294 g/mol. The Kier molecular flexibility index (Phi) is 7.02. The molecule has 0 saturated carbocycles. The summed E-state index contributed by atoms with van der Waals surface area (Å²) in [6.07, 6.45) is 1.55. The number of anilines is 2. The molecule has 0 saturated heterocycles. The van der Waals surface area contributed by atoms with E-state index in [0.29, 0.717) is 29.6 Å². The number of carbonyl (C=O) groups is 1. The van der Waals surface area contributed by atoms with Gasteiger partial charge in [0.1, 0.15) is 11.9 Å². The average Bonchev–Trinajstić information content (AvgIpc) is 2.45. The molecule has 1 amide bonds. The number of nitrogens with one attached hydrogen (secondary N) is 1. The second-order valence-corrected chi connectivity index (χ2v) is 5.49. The monoisotopic (exact) mass is 294 g/mol. The Labute approximate surface area is 126 Å². The maximum atomic E-state index is 12.0. The molecule has 1 aromatic carbocycles. The van der Waals surface area contributed by atoms with Crippen LogP contribution in [0.15, 0.2) is 18.2 Å². The molecule has 1 unspecified atom stereocenters. The predicted molar refractivity (Wildman–Crippen MR) is 85.5 cm³/mol. The maximum Gasteiger partial charge on any atom is 0.253 e. The maximum absolute atomic E-state index is 12.0. The lowest BCUT2D eigenvalue weighted by Gasteiger charge is -2.15. The van der Waals surface area contributed by atoms with E-state index in [1.165, 1.54) is 0 Å². The van der Waals surface area contributed by atoms with E-state index in [1.54, 1.807) is 32.2 Å². The SMILES string of the molecule is COc1ccc(NC(=O)C(C)OCCCC(C)C)c(N)c1. The van der Waals surface area contributed by atoms with Crippen molar-refractivity contribution >= 4 is 17.3 Å². The Morgan fingerprint density at radius 2 is 2.05 bits per heavy atom. The number of nitrogens with two attached hydrogens (primary N) is 1. The third kappa shape index (κ3) is 6.04. The minimum Gasteiger partial charge on any atom is -0.497 e. The summed E-state index contributed by atoms with van der Waals surface area (Å²) in [6, 6.07) is 5.14. The van der Waals surface area contributed by atoms with Crippen LogP contribution < -0.4 is 15.8 Å². The minimum atomic E-state index is -0.501. The van der Waals surface area contributed by atoms with E-state index in [1.807, 2.05) is 0 Å². The predicted octanol–water partition coefficient (Wildman–Crippen LogP) is 3.06. The van der Waals surface area contributed by atoms with E-state index in [2.05, 4.69) is 19.2 Å². The van der Waals surface area contributed by atoms with Crippen molar-refractivity contribution in [3.8, 4) is 5.75 Å². The Morgan fingerprint density at radius 3 is 2.62 bits per heavy atom. The van der Waals surface area contributed by atoms with Crippen LogP contribution in [0.3, 0.4) is 0 Å². The van der Waals surface area contributed by atoms with E-state index in [0.717, 1.165) is 12.8 Å². The summed E-state index contributed by atoms with van der Waals surface area (Å²) in [5.41, 5.74) is 6.90. The molecule has 0 aliphatic rings. The van der Waals surface area contributed by atoms with Gasteiger partial charge in [-0.1, -0.05) is 13.8 Å². The van der Waals surface area contributed by atoms with Gasteiger partial charge >= 0.3 is 0 Å². The molecule has 1 rings (SSSR count). The molecule has 0 radical (unpaired) electrons. The van der Waals surface area contributed by atoms with Gasteiger partial charge in [-0.15, -0.1) is 0 Å². The van der Waals surface area contributed by atoms with Crippen molar-refractivity contribution in [3.05, 3.63) is 18.2 Å². The number of rotatable bonds is 8. The van der Waals surface area contributed by atoms with Crippen LogP contribution in [0.4, 0.5) is 11.4 Å². The van der Waals surface area contributed by atoms with Crippen molar-refractivity contribution in [3.63, 3.8) is 0 Å². The standard InChI is InChI=1S/C16H26N2O3/c1-11(2)6-5-9-21-12(3)16(19)18-15-8-7-13(20-4)10-14(15)17/h7-8,10-12H,5-6,9,17H2,1-4H3,(H,18,19). The second-order valence-electron chi connectivity index (χ2n) is 5.49. The summed E-state index contributed by atoms with van der Waals surface area (Å²) in [7, 11) is 1.57. The Hall–Kier alpha value is -1.75. The van der Waals surface area contributed by atoms with Gasteiger partial charge in [0, 0.05) is 12.7 Å². The zero-order valence-electron chi connectivity index (χ0n) is 13.3. The van der Waals surface area contributed by atoms with Crippen LogP contribution in [0.25, 0.3) is 0 Å². The van der Waals surface area contributed by atoms with Gasteiger partial charge in [-0.05, 0) is 37.8 Å².